The molecule has 1 saturated heterocycles. The van der Waals surface area contributed by atoms with Crippen LogP contribution in [0.5, 0.6) is 0 Å². The van der Waals surface area contributed by atoms with E-state index in [9.17, 15) is 4.79 Å². The Hall–Kier alpha value is -2.43. The first-order valence-corrected chi connectivity index (χ1v) is 9.09. The SMILES string of the molecule is Cl.Cl.Nc1nonc1-c1nc2cncc(C(=O)N3CC[C@H](N)C3)c2n1CC1CC1. The molecular formula is C17H22Cl2N8O2. The minimum atomic E-state index is -0.0733. The Balaban J connectivity index is 0.00000120. The molecule has 0 spiro atoms. The zero-order valence-corrected chi connectivity index (χ0v) is 17.2. The standard InChI is InChI=1S/C17H20N8O2.2ClH/c18-10-3-4-24(8-10)17(26)11-5-20-6-12-14(11)25(7-9-1-2-9)16(21-12)13-15(19)23-27-22-13;;/h5-6,9-10H,1-4,7-8,18H2,(H2,19,23);2*1H/t10-;;/m0../s1. The highest BCUT2D eigenvalue weighted by atomic mass is 35.5. The number of carbonyl (C=O) groups is 1. The Labute approximate surface area is 178 Å². The van der Waals surface area contributed by atoms with Gasteiger partial charge in [-0.1, -0.05) is 0 Å². The molecule has 12 heteroatoms. The van der Waals surface area contributed by atoms with Crippen LogP contribution in [0.1, 0.15) is 29.6 Å². The summed E-state index contributed by atoms with van der Waals surface area (Å²) in [5.41, 5.74) is 14.2. The molecule has 1 amide bonds. The number of likely N-dealkylation sites (tertiary alicyclic amines) is 1. The van der Waals surface area contributed by atoms with E-state index in [-0.39, 0.29) is 42.6 Å². The van der Waals surface area contributed by atoms with Crippen LogP contribution in [-0.4, -0.2) is 54.8 Å². The second kappa shape index (κ2) is 8.13. The molecule has 3 aromatic heterocycles. The molecule has 0 radical (unpaired) electrons. The second-order valence-corrected chi connectivity index (χ2v) is 7.34. The van der Waals surface area contributed by atoms with E-state index in [0.717, 1.165) is 31.3 Å². The second-order valence-electron chi connectivity index (χ2n) is 7.34. The highest BCUT2D eigenvalue weighted by molar-refractivity contribution is 6.05. The van der Waals surface area contributed by atoms with Gasteiger partial charge in [-0.3, -0.25) is 9.78 Å². The van der Waals surface area contributed by atoms with Crippen molar-refractivity contribution in [1.29, 1.82) is 0 Å². The molecule has 10 nitrogen and oxygen atoms in total. The van der Waals surface area contributed by atoms with E-state index in [1.54, 1.807) is 17.3 Å². The lowest BCUT2D eigenvalue weighted by atomic mass is 10.2. The Morgan fingerprint density at radius 2 is 2.00 bits per heavy atom. The van der Waals surface area contributed by atoms with Gasteiger partial charge in [-0.05, 0) is 35.5 Å². The number of fused-ring (bicyclic) bond motifs is 1. The third-order valence-corrected chi connectivity index (χ3v) is 5.26. The highest BCUT2D eigenvalue weighted by Gasteiger charge is 2.31. The fraction of sp³-hybridized carbons (Fsp3) is 0.471. The van der Waals surface area contributed by atoms with E-state index >= 15 is 0 Å². The first-order valence-electron chi connectivity index (χ1n) is 9.09. The van der Waals surface area contributed by atoms with Gasteiger partial charge in [0.15, 0.2) is 17.3 Å². The van der Waals surface area contributed by atoms with Crippen molar-refractivity contribution >= 4 is 47.6 Å². The topological polar surface area (TPSA) is 142 Å². The molecule has 1 aliphatic carbocycles. The number of anilines is 1. The zero-order chi connectivity index (χ0) is 18.5. The molecule has 4 heterocycles. The quantitative estimate of drug-likeness (QED) is 0.620. The number of pyridine rings is 1. The fourth-order valence-electron chi connectivity index (χ4n) is 3.65. The summed E-state index contributed by atoms with van der Waals surface area (Å²) in [6.07, 6.45) is 6.37. The number of aromatic nitrogens is 5. The van der Waals surface area contributed by atoms with Gasteiger partial charge in [0, 0.05) is 31.9 Å². The number of nitrogens with zero attached hydrogens (tertiary/aromatic N) is 6. The van der Waals surface area contributed by atoms with Gasteiger partial charge in [0.05, 0.1) is 17.3 Å². The maximum absolute atomic E-state index is 13.1. The maximum atomic E-state index is 13.1. The number of nitrogens with two attached hydrogens (primary N) is 2. The van der Waals surface area contributed by atoms with Crippen LogP contribution >= 0.6 is 24.8 Å². The van der Waals surface area contributed by atoms with Crippen LogP contribution in [0.3, 0.4) is 0 Å². The van der Waals surface area contributed by atoms with Gasteiger partial charge < -0.3 is 20.9 Å². The number of nitrogen functional groups attached to an aromatic ring is 1. The van der Waals surface area contributed by atoms with Crippen LogP contribution in [0.4, 0.5) is 5.82 Å². The summed E-state index contributed by atoms with van der Waals surface area (Å²) >= 11 is 0. The van der Waals surface area contributed by atoms with Crippen molar-refractivity contribution < 1.29 is 9.42 Å². The molecule has 4 N–H and O–H groups in total. The van der Waals surface area contributed by atoms with Gasteiger partial charge in [-0.2, -0.15) is 0 Å². The number of hydrogen-bond donors (Lipinski definition) is 2. The molecule has 1 saturated carbocycles. The van der Waals surface area contributed by atoms with Crippen LogP contribution in [0.25, 0.3) is 22.6 Å². The average molecular weight is 441 g/mol. The van der Waals surface area contributed by atoms with Gasteiger partial charge >= 0.3 is 0 Å². The van der Waals surface area contributed by atoms with E-state index in [0.29, 0.717) is 41.6 Å². The van der Waals surface area contributed by atoms with Crippen LogP contribution in [0.15, 0.2) is 17.0 Å². The predicted molar refractivity (Wildman–Crippen MR) is 111 cm³/mol. The van der Waals surface area contributed by atoms with Crippen molar-refractivity contribution in [3.8, 4) is 11.5 Å². The molecule has 2 fully saturated rings. The minimum absolute atomic E-state index is 0. The number of halogens is 2. The Kier molecular flexibility index (Phi) is 5.97. The molecule has 0 bridgehead atoms. The van der Waals surface area contributed by atoms with E-state index in [2.05, 4.69) is 20.3 Å². The third kappa shape index (κ3) is 3.75. The van der Waals surface area contributed by atoms with E-state index in [1.165, 1.54) is 0 Å². The molecule has 1 aliphatic heterocycles. The van der Waals surface area contributed by atoms with Gasteiger partial charge in [0.25, 0.3) is 5.91 Å². The summed E-state index contributed by atoms with van der Waals surface area (Å²) in [6.45, 7) is 1.95. The van der Waals surface area contributed by atoms with E-state index < -0.39 is 0 Å². The smallest absolute Gasteiger partial charge is 0.257 e. The Morgan fingerprint density at radius 1 is 1.21 bits per heavy atom. The van der Waals surface area contributed by atoms with Gasteiger partial charge in [-0.25, -0.2) is 9.61 Å². The maximum Gasteiger partial charge on any atom is 0.257 e. The summed E-state index contributed by atoms with van der Waals surface area (Å²) in [5, 5.41) is 7.57. The fourth-order valence-corrected chi connectivity index (χ4v) is 3.65. The third-order valence-electron chi connectivity index (χ3n) is 5.26. The lowest BCUT2D eigenvalue weighted by molar-refractivity contribution is 0.0792. The number of hydrogen-bond acceptors (Lipinski definition) is 8. The largest absolute Gasteiger partial charge is 0.379 e. The summed E-state index contributed by atoms with van der Waals surface area (Å²) in [5.74, 6) is 1.21. The van der Waals surface area contributed by atoms with Crippen molar-refractivity contribution in [2.75, 3.05) is 18.8 Å². The van der Waals surface area contributed by atoms with E-state index in [1.807, 2.05) is 4.57 Å². The number of amides is 1. The molecule has 156 valence electrons. The molecule has 3 aromatic rings. The Morgan fingerprint density at radius 3 is 2.62 bits per heavy atom. The van der Waals surface area contributed by atoms with Gasteiger partial charge in [0.1, 0.15) is 5.52 Å². The summed E-state index contributed by atoms with van der Waals surface area (Å²) in [4.78, 5) is 23.8. The minimum Gasteiger partial charge on any atom is -0.379 e. The first-order chi connectivity index (χ1) is 13.1. The van der Waals surface area contributed by atoms with Crippen LogP contribution in [-0.2, 0) is 6.54 Å². The van der Waals surface area contributed by atoms with Crippen molar-refractivity contribution in [1.82, 2.24) is 29.7 Å². The van der Waals surface area contributed by atoms with Crippen LogP contribution in [0, 0.1) is 5.92 Å². The normalized spacial score (nSPS) is 18.5. The highest BCUT2D eigenvalue weighted by Crippen LogP contribution is 2.36. The molecule has 0 unspecified atom stereocenters. The van der Waals surface area contributed by atoms with Crippen molar-refractivity contribution in [3.63, 3.8) is 0 Å². The summed E-state index contributed by atoms with van der Waals surface area (Å²) < 4.78 is 6.77. The molecular weight excluding hydrogens is 419 g/mol. The first kappa shape index (κ1) is 21.3. The van der Waals surface area contributed by atoms with Crippen molar-refractivity contribution in [3.05, 3.63) is 18.0 Å². The number of carbonyl (C=O) groups excluding carboxylic acids is 1. The molecule has 5 rings (SSSR count). The monoisotopic (exact) mass is 440 g/mol. The molecule has 0 aromatic carbocycles. The Bertz CT molecular complexity index is 1030. The lowest BCUT2D eigenvalue weighted by Gasteiger charge is -2.17. The zero-order valence-electron chi connectivity index (χ0n) is 15.5. The molecule has 1 atom stereocenters. The van der Waals surface area contributed by atoms with Crippen molar-refractivity contribution in [2.45, 2.75) is 31.8 Å². The molecule has 2 aliphatic rings. The summed E-state index contributed by atoms with van der Waals surface area (Å²) in [6, 6.07) is 0.0223. The lowest BCUT2D eigenvalue weighted by Crippen LogP contribution is -2.32. The van der Waals surface area contributed by atoms with Gasteiger partial charge in [-0.15, -0.1) is 24.8 Å². The van der Waals surface area contributed by atoms with Crippen LogP contribution < -0.4 is 11.5 Å². The molecule has 29 heavy (non-hydrogen) atoms. The average Bonchev–Trinajstić information content (AvgIpc) is 3.03. The van der Waals surface area contributed by atoms with E-state index in [4.69, 9.17) is 16.1 Å². The van der Waals surface area contributed by atoms with Gasteiger partial charge in [0.2, 0.25) is 0 Å². The summed E-state index contributed by atoms with van der Waals surface area (Å²) in [7, 11) is 0. The number of rotatable bonds is 4. The predicted octanol–water partition coefficient (Wildman–Crippen LogP) is 1.49. The van der Waals surface area contributed by atoms with Crippen LogP contribution in [0.2, 0.25) is 0 Å². The van der Waals surface area contributed by atoms with Crippen molar-refractivity contribution in [2.24, 2.45) is 11.7 Å². The number of imidazole rings is 1.